The van der Waals surface area contributed by atoms with Crippen molar-refractivity contribution in [2.24, 2.45) is 7.05 Å². The average molecular weight is 395 g/mol. The Labute approximate surface area is 174 Å². The molecular weight excluding hydrogens is 366 g/mol. The second kappa shape index (κ2) is 6.14. The largest absolute Gasteiger partial charge is 0.213 e. The molecule has 0 saturated carbocycles. The highest BCUT2D eigenvalue weighted by molar-refractivity contribution is 7.05. The van der Waals surface area contributed by atoms with E-state index >= 15 is 0 Å². The minimum absolute atomic E-state index is 1.31. The molecule has 0 saturated heterocycles. The van der Waals surface area contributed by atoms with Gasteiger partial charge >= 0.3 is 0 Å². The Balaban J connectivity index is 2.06. The van der Waals surface area contributed by atoms with Crippen LogP contribution in [0, 0.1) is 20.8 Å². The van der Waals surface area contributed by atoms with Gasteiger partial charge in [-0.05, 0) is 49.2 Å². The maximum absolute atomic E-state index is 2.54. The van der Waals surface area contributed by atoms with E-state index in [1.165, 1.54) is 50.0 Å². The summed E-state index contributed by atoms with van der Waals surface area (Å²) in [5.41, 5.74) is 11.2. The van der Waals surface area contributed by atoms with Crippen LogP contribution in [0.5, 0.6) is 0 Å². The lowest BCUT2D eigenvalue weighted by atomic mass is 9.94. The minimum Gasteiger partial charge on any atom is -0.194 e. The molecule has 0 atom stereocenters. The number of aromatic nitrogens is 1. The van der Waals surface area contributed by atoms with E-state index in [-0.39, 0.29) is 0 Å². The lowest BCUT2D eigenvalue weighted by Crippen LogP contribution is -2.54. The first kappa shape index (κ1) is 18.3. The fourth-order valence-electron chi connectivity index (χ4n) is 5.68. The second-order valence-electron chi connectivity index (χ2n) is 9.12. The van der Waals surface area contributed by atoms with E-state index in [0.717, 1.165) is 0 Å². The van der Waals surface area contributed by atoms with Gasteiger partial charge in [-0.1, -0.05) is 66.7 Å². The SMILES string of the molecule is Cc1cc(C)c2c(c1)-c1c(c(-c3ccccc3C)[n+](C)c3ccccc13)[Si]2(C)C. The van der Waals surface area contributed by atoms with Gasteiger partial charge in [0, 0.05) is 22.4 Å². The molecule has 29 heavy (non-hydrogen) atoms. The molecule has 0 bridgehead atoms. The molecule has 0 amide bonds. The predicted octanol–water partition coefficient (Wildman–Crippen LogP) is 5.06. The molecule has 0 spiro atoms. The third-order valence-electron chi connectivity index (χ3n) is 6.76. The molecule has 0 N–H and O–H groups in total. The zero-order chi connectivity index (χ0) is 20.5. The average Bonchev–Trinajstić information content (AvgIpc) is 2.91. The van der Waals surface area contributed by atoms with Crippen LogP contribution in [0.25, 0.3) is 33.3 Å². The van der Waals surface area contributed by atoms with Gasteiger partial charge in [0.25, 0.3) is 0 Å². The normalized spacial score (nSPS) is 14.1. The van der Waals surface area contributed by atoms with Gasteiger partial charge in [0.05, 0.1) is 5.39 Å². The molecule has 1 aliphatic heterocycles. The smallest absolute Gasteiger partial charge is 0.194 e. The van der Waals surface area contributed by atoms with Crippen LogP contribution in [-0.4, -0.2) is 8.07 Å². The van der Waals surface area contributed by atoms with Crippen LogP contribution >= 0.6 is 0 Å². The first-order valence-electron chi connectivity index (χ1n) is 10.5. The minimum atomic E-state index is -1.87. The Bertz CT molecular complexity index is 1310. The van der Waals surface area contributed by atoms with E-state index in [2.05, 4.69) is 106 Å². The first-order chi connectivity index (χ1) is 13.8. The number of rotatable bonds is 1. The summed E-state index contributed by atoms with van der Waals surface area (Å²) in [6, 6.07) is 22.6. The Hall–Kier alpha value is -2.71. The molecule has 4 aromatic rings. The highest BCUT2D eigenvalue weighted by atomic mass is 28.3. The van der Waals surface area contributed by atoms with Crippen molar-refractivity contribution in [3.63, 3.8) is 0 Å². The van der Waals surface area contributed by atoms with Crippen LogP contribution in [0.15, 0.2) is 60.7 Å². The van der Waals surface area contributed by atoms with Gasteiger partial charge < -0.3 is 0 Å². The maximum Gasteiger partial charge on any atom is 0.213 e. The van der Waals surface area contributed by atoms with Crippen LogP contribution in [0.3, 0.4) is 0 Å². The number of hydrogen-bond acceptors (Lipinski definition) is 0. The van der Waals surface area contributed by atoms with Gasteiger partial charge in [0.1, 0.15) is 15.1 Å². The Morgan fingerprint density at radius 2 is 1.41 bits per heavy atom. The van der Waals surface area contributed by atoms with E-state index in [4.69, 9.17) is 0 Å². The molecule has 3 aromatic carbocycles. The summed E-state index contributed by atoms with van der Waals surface area (Å²) in [5, 5.41) is 4.59. The van der Waals surface area contributed by atoms with Crippen LogP contribution in [0.4, 0.5) is 0 Å². The number of fused-ring (bicyclic) bond motifs is 5. The van der Waals surface area contributed by atoms with E-state index in [0.29, 0.717) is 0 Å². The molecular formula is C27H28NSi+. The quantitative estimate of drug-likeness (QED) is 0.314. The summed E-state index contributed by atoms with van der Waals surface area (Å²) in [4.78, 5) is 0. The van der Waals surface area contributed by atoms with E-state index in [9.17, 15) is 0 Å². The number of aryl methyl sites for hydroxylation is 4. The third kappa shape index (κ3) is 2.42. The monoisotopic (exact) mass is 394 g/mol. The summed E-state index contributed by atoms with van der Waals surface area (Å²) < 4.78 is 2.44. The van der Waals surface area contributed by atoms with Gasteiger partial charge in [-0.3, -0.25) is 0 Å². The van der Waals surface area contributed by atoms with Gasteiger partial charge in [0.2, 0.25) is 11.2 Å². The molecule has 1 nitrogen and oxygen atoms in total. The summed E-state index contributed by atoms with van der Waals surface area (Å²) >= 11 is 0. The molecule has 0 fully saturated rings. The number of para-hydroxylation sites is 1. The Morgan fingerprint density at radius 1 is 0.724 bits per heavy atom. The summed E-state index contributed by atoms with van der Waals surface area (Å²) in [6.45, 7) is 11.9. The fraction of sp³-hybridized carbons (Fsp3) is 0.222. The molecule has 144 valence electrons. The third-order valence-corrected chi connectivity index (χ3v) is 10.4. The van der Waals surface area contributed by atoms with Crippen molar-refractivity contribution in [2.45, 2.75) is 33.9 Å². The van der Waals surface area contributed by atoms with Crippen LogP contribution in [0.2, 0.25) is 13.1 Å². The lowest BCUT2D eigenvalue weighted by Gasteiger charge is -2.23. The molecule has 0 radical (unpaired) electrons. The maximum atomic E-state index is 2.54. The molecule has 2 heteroatoms. The van der Waals surface area contributed by atoms with Crippen molar-refractivity contribution in [1.82, 2.24) is 0 Å². The lowest BCUT2D eigenvalue weighted by molar-refractivity contribution is -0.632. The molecule has 1 aliphatic rings. The Kier molecular flexibility index (Phi) is 3.88. The molecule has 5 rings (SSSR count). The Morgan fingerprint density at radius 3 is 2.17 bits per heavy atom. The number of pyridine rings is 1. The van der Waals surface area contributed by atoms with E-state index < -0.39 is 8.07 Å². The fourth-order valence-corrected chi connectivity index (χ4v) is 9.65. The molecule has 0 aliphatic carbocycles. The van der Waals surface area contributed by atoms with E-state index in [1.807, 2.05) is 0 Å². The second-order valence-corrected chi connectivity index (χ2v) is 13.4. The highest BCUT2D eigenvalue weighted by Crippen LogP contribution is 2.38. The van der Waals surface area contributed by atoms with Gasteiger partial charge in [-0.15, -0.1) is 0 Å². The van der Waals surface area contributed by atoms with Crippen molar-refractivity contribution in [2.75, 3.05) is 0 Å². The highest BCUT2D eigenvalue weighted by Gasteiger charge is 2.45. The molecule has 1 aromatic heterocycles. The number of benzene rings is 3. The molecule has 0 unspecified atom stereocenters. The predicted molar refractivity (Wildman–Crippen MR) is 127 cm³/mol. The van der Waals surface area contributed by atoms with Crippen molar-refractivity contribution < 1.29 is 4.57 Å². The van der Waals surface area contributed by atoms with Crippen molar-refractivity contribution >= 4 is 29.4 Å². The summed E-state index contributed by atoms with van der Waals surface area (Å²) in [5.74, 6) is 0. The topological polar surface area (TPSA) is 3.88 Å². The zero-order valence-electron chi connectivity index (χ0n) is 18.2. The first-order valence-corrected chi connectivity index (χ1v) is 13.5. The number of hydrogen-bond donors (Lipinski definition) is 0. The van der Waals surface area contributed by atoms with E-state index in [1.54, 1.807) is 10.4 Å². The summed E-state index contributed by atoms with van der Waals surface area (Å²) in [7, 11) is 0.377. The van der Waals surface area contributed by atoms with Crippen molar-refractivity contribution in [3.05, 3.63) is 77.4 Å². The molecule has 2 heterocycles. The van der Waals surface area contributed by atoms with Gasteiger partial charge in [0.15, 0.2) is 0 Å². The van der Waals surface area contributed by atoms with Gasteiger partial charge in [-0.2, -0.15) is 4.57 Å². The van der Waals surface area contributed by atoms with Crippen LogP contribution < -0.4 is 14.9 Å². The van der Waals surface area contributed by atoms with Gasteiger partial charge in [-0.25, -0.2) is 0 Å². The van der Waals surface area contributed by atoms with Crippen molar-refractivity contribution in [1.29, 1.82) is 0 Å². The number of nitrogens with zero attached hydrogens (tertiary/aromatic N) is 1. The standard InChI is InChI=1S/C27H28NSi/c1-17-15-19(3)26-22(16-17)24-21-13-9-10-14-23(21)28(4)25(27(24)29(26,5)6)20-12-8-7-11-18(20)2/h7-16H,1-6H3/q+1. The summed E-state index contributed by atoms with van der Waals surface area (Å²) in [6.07, 6.45) is 0. The van der Waals surface area contributed by atoms with Crippen LogP contribution in [0.1, 0.15) is 16.7 Å². The zero-order valence-corrected chi connectivity index (χ0v) is 19.2. The van der Waals surface area contributed by atoms with Crippen LogP contribution in [-0.2, 0) is 7.05 Å². The van der Waals surface area contributed by atoms with Crippen molar-refractivity contribution in [3.8, 4) is 22.4 Å².